The SMILES string of the molecule is Cc1cccc2c(C(=O)N3CCC4(CCCC4N4CCC4CO)CC3)[nH]nc12. The predicted octanol–water partition coefficient (Wildman–Crippen LogP) is 2.71. The highest BCUT2D eigenvalue weighted by Gasteiger charge is 2.50. The van der Waals surface area contributed by atoms with E-state index in [0.29, 0.717) is 23.2 Å². The van der Waals surface area contributed by atoms with Crippen LogP contribution in [-0.4, -0.2) is 69.3 Å². The summed E-state index contributed by atoms with van der Waals surface area (Å²) in [5.74, 6) is 0.0784. The molecule has 28 heavy (non-hydrogen) atoms. The zero-order chi connectivity index (χ0) is 19.3. The maximum Gasteiger partial charge on any atom is 0.272 e. The molecule has 1 saturated carbocycles. The summed E-state index contributed by atoms with van der Waals surface area (Å²) < 4.78 is 0. The van der Waals surface area contributed by atoms with Crippen molar-refractivity contribution in [3.63, 3.8) is 0 Å². The number of rotatable bonds is 3. The molecule has 150 valence electrons. The van der Waals surface area contributed by atoms with E-state index >= 15 is 0 Å². The van der Waals surface area contributed by atoms with Gasteiger partial charge in [-0.15, -0.1) is 0 Å². The van der Waals surface area contributed by atoms with Gasteiger partial charge in [0.1, 0.15) is 5.69 Å². The number of carbonyl (C=O) groups is 1. The third-order valence-electron chi connectivity index (χ3n) is 7.71. The normalized spacial score (nSPS) is 27.4. The van der Waals surface area contributed by atoms with Crippen LogP contribution in [0.1, 0.15) is 54.6 Å². The second-order valence-corrected chi connectivity index (χ2v) is 9.00. The molecule has 3 fully saturated rings. The van der Waals surface area contributed by atoms with Crippen molar-refractivity contribution < 1.29 is 9.90 Å². The summed E-state index contributed by atoms with van der Waals surface area (Å²) in [6.45, 7) is 5.07. The third-order valence-corrected chi connectivity index (χ3v) is 7.71. The summed E-state index contributed by atoms with van der Waals surface area (Å²) in [7, 11) is 0. The van der Waals surface area contributed by atoms with E-state index in [0.717, 1.165) is 55.4 Å². The molecule has 1 aromatic heterocycles. The van der Waals surface area contributed by atoms with Crippen LogP contribution in [0.15, 0.2) is 18.2 Å². The molecule has 2 aliphatic heterocycles. The molecule has 2 aromatic rings. The smallest absolute Gasteiger partial charge is 0.272 e. The van der Waals surface area contributed by atoms with Gasteiger partial charge in [-0.25, -0.2) is 0 Å². The first kappa shape index (κ1) is 18.1. The van der Waals surface area contributed by atoms with Gasteiger partial charge in [-0.2, -0.15) is 5.10 Å². The lowest BCUT2D eigenvalue weighted by atomic mass is 9.72. The molecule has 1 amide bonds. The third kappa shape index (κ3) is 2.69. The number of benzene rings is 1. The van der Waals surface area contributed by atoms with E-state index in [2.05, 4.69) is 15.1 Å². The van der Waals surface area contributed by atoms with Gasteiger partial charge in [-0.1, -0.05) is 24.6 Å². The second kappa shape index (κ2) is 6.85. The number of nitrogens with one attached hydrogen (secondary N) is 1. The van der Waals surface area contributed by atoms with Crippen LogP contribution in [-0.2, 0) is 0 Å². The fraction of sp³-hybridized carbons (Fsp3) is 0.636. The van der Waals surface area contributed by atoms with E-state index in [4.69, 9.17) is 0 Å². The molecule has 1 spiro atoms. The van der Waals surface area contributed by atoms with E-state index in [-0.39, 0.29) is 12.5 Å². The Kier molecular flexibility index (Phi) is 4.43. The van der Waals surface area contributed by atoms with Gasteiger partial charge < -0.3 is 10.0 Å². The summed E-state index contributed by atoms with van der Waals surface area (Å²) in [5, 5.41) is 17.9. The number of para-hydroxylation sites is 1. The molecule has 0 radical (unpaired) electrons. The van der Waals surface area contributed by atoms with Crippen LogP contribution in [0.4, 0.5) is 0 Å². The van der Waals surface area contributed by atoms with Crippen LogP contribution in [0.5, 0.6) is 0 Å². The standard InChI is InChI=1S/C22H30N4O2/c1-15-4-2-5-17-19(15)23-24-20(17)21(28)25-12-9-22(10-13-25)8-3-6-18(22)26-11-7-16(26)14-27/h2,4-5,16,18,27H,3,6-14H2,1H3,(H,23,24). The Hall–Kier alpha value is -1.92. The molecule has 0 bridgehead atoms. The maximum absolute atomic E-state index is 13.2. The van der Waals surface area contributed by atoms with Crippen molar-refractivity contribution in [2.75, 3.05) is 26.2 Å². The number of carbonyl (C=O) groups excluding carboxylic acids is 1. The number of aryl methyl sites for hydroxylation is 1. The second-order valence-electron chi connectivity index (χ2n) is 9.00. The van der Waals surface area contributed by atoms with Crippen LogP contribution in [0.25, 0.3) is 10.9 Å². The summed E-state index contributed by atoms with van der Waals surface area (Å²) in [4.78, 5) is 17.7. The first-order chi connectivity index (χ1) is 13.6. The molecule has 6 heteroatoms. The van der Waals surface area contributed by atoms with Crippen LogP contribution in [0.2, 0.25) is 0 Å². The Morgan fingerprint density at radius 1 is 1.25 bits per heavy atom. The number of aliphatic hydroxyl groups is 1. The predicted molar refractivity (Wildman–Crippen MR) is 108 cm³/mol. The number of nitrogens with zero attached hydrogens (tertiary/aromatic N) is 3. The Morgan fingerprint density at radius 2 is 2.07 bits per heavy atom. The van der Waals surface area contributed by atoms with E-state index in [1.165, 1.54) is 19.3 Å². The fourth-order valence-electron chi connectivity index (χ4n) is 5.95. The molecule has 1 aliphatic carbocycles. The van der Waals surface area contributed by atoms with E-state index in [9.17, 15) is 9.90 Å². The number of aromatic nitrogens is 2. The zero-order valence-corrected chi connectivity index (χ0v) is 16.7. The van der Waals surface area contributed by atoms with Gasteiger partial charge in [-0.3, -0.25) is 14.8 Å². The number of fused-ring (bicyclic) bond motifs is 1. The van der Waals surface area contributed by atoms with E-state index in [1.807, 2.05) is 30.0 Å². The molecule has 2 atom stereocenters. The van der Waals surface area contributed by atoms with E-state index in [1.54, 1.807) is 0 Å². The van der Waals surface area contributed by atoms with E-state index < -0.39 is 0 Å². The van der Waals surface area contributed by atoms with Crippen LogP contribution < -0.4 is 0 Å². The minimum absolute atomic E-state index is 0.0784. The van der Waals surface area contributed by atoms with Crippen molar-refractivity contribution in [2.45, 2.75) is 57.5 Å². The lowest BCUT2D eigenvalue weighted by molar-refractivity contribution is -0.0521. The van der Waals surface area contributed by atoms with Gasteiger partial charge in [0.05, 0.1) is 12.1 Å². The molecular formula is C22H30N4O2. The Balaban J connectivity index is 1.31. The number of amides is 1. The number of aromatic amines is 1. The summed E-state index contributed by atoms with van der Waals surface area (Å²) >= 11 is 0. The molecule has 3 aliphatic rings. The molecule has 6 nitrogen and oxygen atoms in total. The fourth-order valence-corrected chi connectivity index (χ4v) is 5.95. The Bertz CT molecular complexity index is 882. The summed E-state index contributed by atoms with van der Waals surface area (Å²) in [5.41, 5.74) is 2.94. The molecule has 2 N–H and O–H groups in total. The van der Waals surface area contributed by atoms with Gasteiger partial charge >= 0.3 is 0 Å². The van der Waals surface area contributed by atoms with Crippen molar-refractivity contribution in [1.29, 1.82) is 0 Å². The van der Waals surface area contributed by atoms with Crippen molar-refractivity contribution >= 4 is 16.8 Å². The quantitative estimate of drug-likeness (QED) is 0.856. The van der Waals surface area contributed by atoms with Crippen molar-refractivity contribution in [2.24, 2.45) is 5.41 Å². The minimum Gasteiger partial charge on any atom is -0.395 e. The molecule has 1 aromatic carbocycles. The highest BCUT2D eigenvalue weighted by molar-refractivity contribution is 6.05. The monoisotopic (exact) mass is 382 g/mol. The van der Waals surface area contributed by atoms with Gasteiger partial charge in [0.25, 0.3) is 5.91 Å². The van der Waals surface area contributed by atoms with Gasteiger partial charge in [0, 0.05) is 37.1 Å². The van der Waals surface area contributed by atoms with Crippen LogP contribution in [0.3, 0.4) is 0 Å². The zero-order valence-electron chi connectivity index (χ0n) is 16.7. The van der Waals surface area contributed by atoms with Crippen LogP contribution in [0, 0.1) is 12.3 Å². The maximum atomic E-state index is 13.2. The number of hydrogen-bond donors (Lipinski definition) is 2. The average molecular weight is 383 g/mol. The Labute approximate surface area is 165 Å². The first-order valence-corrected chi connectivity index (χ1v) is 10.7. The van der Waals surface area contributed by atoms with Gasteiger partial charge in [0.2, 0.25) is 0 Å². The highest BCUT2D eigenvalue weighted by Crippen LogP contribution is 2.50. The Morgan fingerprint density at radius 3 is 2.79 bits per heavy atom. The molecule has 2 saturated heterocycles. The summed E-state index contributed by atoms with van der Waals surface area (Å²) in [6.07, 6.45) is 7.06. The van der Waals surface area contributed by atoms with Gasteiger partial charge in [-0.05, 0) is 50.0 Å². The number of piperidine rings is 1. The number of aliphatic hydroxyl groups excluding tert-OH is 1. The molecule has 5 rings (SSSR count). The number of hydrogen-bond acceptors (Lipinski definition) is 4. The van der Waals surface area contributed by atoms with Crippen molar-refractivity contribution in [3.05, 3.63) is 29.5 Å². The van der Waals surface area contributed by atoms with Crippen molar-refractivity contribution in [1.82, 2.24) is 20.0 Å². The lowest BCUT2D eigenvalue weighted by Crippen LogP contribution is -2.60. The summed E-state index contributed by atoms with van der Waals surface area (Å²) in [6, 6.07) is 6.95. The largest absolute Gasteiger partial charge is 0.395 e. The molecule has 2 unspecified atom stereocenters. The topological polar surface area (TPSA) is 72.5 Å². The van der Waals surface area contributed by atoms with Gasteiger partial charge in [0.15, 0.2) is 0 Å². The highest BCUT2D eigenvalue weighted by atomic mass is 16.3. The van der Waals surface area contributed by atoms with Crippen LogP contribution >= 0.6 is 0 Å². The average Bonchev–Trinajstić information content (AvgIpc) is 3.28. The number of likely N-dealkylation sites (tertiary alicyclic amines) is 2. The lowest BCUT2D eigenvalue weighted by Gasteiger charge is -2.53. The van der Waals surface area contributed by atoms with Crippen molar-refractivity contribution in [3.8, 4) is 0 Å². The number of H-pyrrole nitrogens is 1. The first-order valence-electron chi connectivity index (χ1n) is 10.7. The minimum atomic E-state index is 0.0784. The molecular weight excluding hydrogens is 352 g/mol. The molecule has 3 heterocycles.